The van der Waals surface area contributed by atoms with Crippen molar-refractivity contribution in [3.63, 3.8) is 0 Å². The van der Waals surface area contributed by atoms with E-state index >= 15 is 0 Å². The smallest absolute Gasteiger partial charge is 1.00 e. The van der Waals surface area contributed by atoms with Gasteiger partial charge in [-0.2, -0.15) is 0 Å². The molecule has 0 heterocycles. The first kappa shape index (κ1) is 24.1. The first-order chi connectivity index (χ1) is 1.73. The van der Waals surface area contributed by atoms with Gasteiger partial charge in [-0.1, -0.05) is 0 Å². The number of rotatable bonds is 0. The summed E-state index contributed by atoms with van der Waals surface area (Å²) in [7, 11) is 0. The number of nitrogens with zero attached hydrogens (tertiary/aromatic N) is 1. The summed E-state index contributed by atoms with van der Waals surface area (Å²) in [5, 5.41) is 13.6. The Bertz CT molecular complexity index is 46.3. The van der Waals surface area contributed by atoms with Crippen LogP contribution in [0, 0.1) is 10.1 Å². The molecule has 0 aliphatic carbocycles. The van der Waals surface area contributed by atoms with E-state index in [1.807, 2.05) is 0 Å². The molecule has 7 heavy (non-hydrogen) atoms. The Morgan fingerprint density at radius 1 is 1.71 bits per heavy atom. The van der Waals surface area contributed by atoms with Crippen LogP contribution in [0.5, 0.6) is 0 Å². The maximum atomic E-state index is 8.36. The normalized spacial score (nSPS) is 3.43. The van der Waals surface area contributed by atoms with Gasteiger partial charge in [0.1, 0.15) is 0 Å². The van der Waals surface area contributed by atoms with Crippen molar-refractivity contribution in [1.29, 1.82) is 0 Å². The summed E-state index contributed by atoms with van der Waals surface area (Å²) in [5.74, 6) is 0. The second kappa shape index (κ2) is 15.7. The first-order valence-electron chi connectivity index (χ1n) is 0.565. The molecule has 0 radical (unpaired) electrons. The van der Waals surface area contributed by atoms with Gasteiger partial charge in [0, 0.05) is 0 Å². The van der Waals surface area contributed by atoms with Gasteiger partial charge in [0.05, 0.1) is 0 Å². The van der Waals surface area contributed by atoms with Crippen LogP contribution < -0.4 is 6.15 Å². The Kier molecular flexibility index (Phi) is 54.1. The minimum Gasteiger partial charge on any atom is -1.00 e. The van der Waals surface area contributed by atoms with E-state index in [0.717, 1.165) is 0 Å². The maximum Gasteiger partial charge on any atom is 2.00 e. The Morgan fingerprint density at radius 2 is 1.71 bits per heavy atom. The monoisotopic (exact) mass is 148 g/mol. The zero-order valence-corrected chi connectivity index (χ0v) is 7.45. The second-order valence-electron chi connectivity index (χ2n) is 0.238. The molecule has 0 fully saturated rings. The standard InChI is InChI=1S/Ca.Mg.HNO3.H3N.4H/c;;2-1(3)4;;;;;/h;;(H,2,3,4);1H3;;;;/q2*+2;;;4*-1. The summed E-state index contributed by atoms with van der Waals surface area (Å²) in [6, 6.07) is 0. The fourth-order valence-electron chi connectivity index (χ4n) is 0. The topological polar surface area (TPSA) is 98.4 Å². The molecule has 0 rings (SSSR count). The molecule has 0 aliphatic heterocycles. The Labute approximate surface area is 92.2 Å². The van der Waals surface area contributed by atoms with Gasteiger partial charge in [-0.15, -0.1) is 10.1 Å². The van der Waals surface area contributed by atoms with Crippen LogP contribution in [0.15, 0.2) is 0 Å². The molecule has 5 nitrogen and oxygen atoms in total. The van der Waals surface area contributed by atoms with Crippen LogP contribution in [0.25, 0.3) is 0 Å². The van der Waals surface area contributed by atoms with Crippen LogP contribution in [-0.2, 0) is 0 Å². The summed E-state index contributed by atoms with van der Waals surface area (Å²) in [6.45, 7) is 0. The van der Waals surface area contributed by atoms with Crippen LogP contribution in [0.4, 0.5) is 0 Å². The SMILES string of the molecule is N.O=[N+]([O-])O.[Ca+2].[H-].[H-].[H-].[H-].[Mg+2]. The predicted octanol–water partition coefficient (Wildman–Crippen LogP) is -0.497. The zero-order chi connectivity index (χ0) is 3.58. The molecule has 40 valence electrons. The Morgan fingerprint density at radius 3 is 1.71 bits per heavy atom. The molecule has 0 bridgehead atoms. The number of hydrogen-bond acceptors (Lipinski definition) is 3. The van der Waals surface area contributed by atoms with E-state index in [2.05, 4.69) is 0 Å². The second-order valence-corrected chi connectivity index (χ2v) is 0.238. The average molecular weight is 148 g/mol. The van der Waals surface area contributed by atoms with E-state index < -0.39 is 5.09 Å². The molecule has 7 heteroatoms. The Balaban J connectivity index is -0.00000000214. The molecule has 0 aromatic rings. The largest absolute Gasteiger partial charge is 2.00 e. The first-order valence-corrected chi connectivity index (χ1v) is 0.565. The molecule has 0 atom stereocenters. The molecule has 0 aromatic heterocycles. The number of hydrogen-bond donors (Lipinski definition) is 2. The van der Waals surface area contributed by atoms with Gasteiger partial charge in [0.2, 0.25) is 0 Å². The maximum absolute atomic E-state index is 8.36. The van der Waals surface area contributed by atoms with Crippen molar-refractivity contribution < 1.29 is 16.0 Å². The third-order valence-corrected chi connectivity index (χ3v) is 0. The molecule has 0 amide bonds. The molecule has 0 unspecified atom stereocenters. The predicted molar refractivity (Wildman–Crippen MR) is 29.8 cm³/mol. The molecule has 0 aromatic carbocycles. The van der Waals surface area contributed by atoms with Crippen molar-refractivity contribution in [2.75, 3.05) is 0 Å². The van der Waals surface area contributed by atoms with Crippen LogP contribution >= 0.6 is 0 Å². The Hall–Kier alpha value is 1.19. The van der Waals surface area contributed by atoms with E-state index in [0.29, 0.717) is 0 Å². The van der Waals surface area contributed by atoms with Crippen molar-refractivity contribution in [2.45, 2.75) is 0 Å². The van der Waals surface area contributed by atoms with Gasteiger partial charge in [0.25, 0.3) is 5.09 Å². The molecular formula is H8CaMgN2O3. The molecular weight excluding hydrogens is 140 g/mol. The summed E-state index contributed by atoms with van der Waals surface area (Å²) >= 11 is 0. The molecule has 4 N–H and O–H groups in total. The summed E-state index contributed by atoms with van der Waals surface area (Å²) < 4.78 is 0. The minimum atomic E-state index is -1.50. The quantitative estimate of drug-likeness (QED) is 0.275. The van der Waals surface area contributed by atoms with E-state index in [-0.39, 0.29) is 72.6 Å². The van der Waals surface area contributed by atoms with Gasteiger partial charge in [-0.05, 0) is 0 Å². The van der Waals surface area contributed by atoms with Gasteiger partial charge in [-0.3, -0.25) is 0 Å². The van der Waals surface area contributed by atoms with Crippen LogP contribution in [0.1, 0.15) is 5.71 Å². The van der Waals surface area contributed by atoms with Crippen LogP contribution in [0.3, 0.4) is 0 Å². The van der Waals surface area contributed by atoms with Crippen LogP contribution in [0.2, 0.25) is 0 Å². The van der Waals surface area contributed by atoms with E-state index in [1.54, 1.807) is 0 Å². The van der Waals surface area contributed by atoms with E-state index in [4.69, 9.17) is 15.3 Å². The van der Waals surface area contributed by atoms with E-state index in [1.165, 1.54) is 0 Å². The van der Waals surface area contributed by atoms with Crippen molar-refractivity contribution in [1.82, 2.24) is 6.15 Å². The van der Waals surface area contributed by atoms with Gasteiger partial charge in [0.15, 0.2) is 0 Å². The van der Waals surface area contributed by atoms with Crippen LogP contribution in [-0.4, -0.2) is 71.1 Å². The van der Waals surface area contributed by atoms with Crippen molar-refractivity contribution >= 4 is 60.8 Å². The molecule has 0 spiro atoms. The fourth-order valence-corrected chi connectivity index (χ4v) is 0. The summed E-state index contributed by atoms with van der Waals surface area (Å²) in [5.41, 5.74) is 0. The zero-order valence-electron chi connectivity index (χ0n) is 7.83. The third-order valence-electron chi connectivity index (χ3n) is 0. The van der Waals surface area contributed by atoms with Crippen molar-refractivity contribution in [2.24, 2.45) is 0 Å². The third kappa shape index (κ3) is 137. The van der Waals surface area contributed by atoms with Gasteiger partial charge < -0.3 is 17.1 Å². The van der Waals surface area contributed by atoms with Crippen molar-refractivity contribution in [3.8, 4) is 0 Å². The summed E-state index contributed by atoms with van der Waals surface area (Å²) in [4.78, 5) is 8.36. The van der Waals surface area contributed by atoms with Gasteiger partial charge in [-0.25, -0.2) is 0 Å². The van der Waals surface area contributed by atoms with Gasteiger partial charge >= 0.3 is 60.8 Å². The summed E-state index contributed by atoms with van der Waals surface area (Å²) in [6.07, 6.45) is 0. The molecule has 0 saturated heterocycles. The fraction of sp³-hybridized carbons (Fsp3) is 0. The average Bonchev–Trinajstić information content (AvgIpc) is 0.811. The molecule has 0 saturated carbocycles. The molecule has 0 aliphatic rings. The van der Waals surface area contributed by atoms with Crippen molar-refractivity contribution in [3.05, 3.63) is 10.1 Å². The minimum absolute atomic E-state index is 0. The van der Waals surface area contributed by atoms with E-state index in [9.17, 15) is 0 Å².